The number of nitrogens with one attached hydrogen (secondary N) is 1. The van der Waals surface area contributed by atoms with E-state index < -0.39 is 0 Å². The van der Waals surface area contributed by atoms with Crippen LogP contribution in [0.1, 0.15) is 30.3 Å². The van der Waals surface area contributed by atoms with Crippen molar-refractivity contribution >= 4 is 11.6 Å². The maximum atomic E-state index is 12.4. The third kappa shape index (κ3) is 4.41. The maximum absolute atomic E-state index is 12.4. The number of anilines is 1. The summed E-state index contributed by atoms with van der Waals surface area (Å²) in [5.74, 6) is -0.0290. The molecule has 1 aromatic heterocycles. The number of aromatic nitrogens is 1. The first-order valence-corrected chi connectivity index (χ1v) is 7.46. The fraction of sp³-hybridized carbons (Fsp3) is 0.600. The fourth-order valence-corrected chi connectivity index (χ4v) is 2.44. The van der Waals surface area contributed by atoms with E-state index in [9.17, 15) is 4.79 Å². The molecule has 0 spiro atoms. The molecule has 0 aliphatic carbocycles. The van der Waals surface area contributed by atoms with E-state index in [1.807, 2.05) is 17.9 Å². The molecule has 0 unspecified atom stereocenters. The summed E-state index contributed by atoms with van der Waals surface area (Å²) < 4.78 is 5.50. The van der Waals surface area contributed by atoms with Crippen LogP contribution < -0.4 is 5.32 Å². The Morgan fingerprint density at radius 2 is 2.24 bits per heavy atom. The molecule has 1 fully saturated rings. The van der Waals surface area contributed by atoms with Crippen LogP contribution in [0.4, 0.5) is 5.69 Å². The lowest BCUT2D eigenvalue weighted by molar-refractivity contribution is -0.00564. The lowest BCUT2D eigenvalue weighted by Gasteiger charge is -2.31. The second-order valence-electron chi connectivity index (χ2n) is 5.05. The highest BCUT2D eigenvalue weighted by molar-refractivity contribution is 5.92. The Morgan fingerprint density at radius 1 is 1.48 bits per heavy atom. The molecule has 6 heteroatoms. The average Bonchev–Trinajstić information content (AvgIpc) is 2.54. The second-order valence-corrected chi connectivity index (χ2v) is 5.05. The van der Waals surface area contributed by atoms with Crippen LogP contribution in [0.25, 0.3) is 0 Å². The molecule has 116 valence electrons. The SMILES string of the molecule is CCNc1ccc(C(=O)N2CCC(OCCO)CC2)nc1. The van der Waals surface area contributed by atoms with Crippen molar-refractivity contribution in [3.05, 3.63) is 24.0 Å². The Kier molecular flexibility index (Phi) is 5.95. The van der Waals surface area contributed by atoms with Crippen molar-refractivity contribution in [3.63, 3.8) is 0 Å². The minimum absolute atomic E-state index is 0.0290. The van der Waals surface area contributed by atoms with Gasteiger partial charge in [-0.3, -0.25) is 4.79 Å². The van der Waals surface area contributed by atoms with Crippen LogP contribution >= 0.6 is 0 Å². The molecule has 2 heterocycles. The molecular weight excluding hydrogens is 270 g/mol. The molecule has 0 bridgehead atoms. The van der Waals surface area contributed by atoms with Crippen LogP contribution in [0.5, 0.6) is 0 Å². The molecule has 1 amide bonds. The Bertz CT molecular complexity index is 442. The number of carbonyl (C=O) groups excluding carboxylic acids is 1. The van der Waals surface area contributed by atoms with Gasteiger partial charge in [0, 0.05) is 19.6 Å². The van der Waals surface area contributed by atoms with Crippen molar-refractivity contribution in [2.45, 2.75) is 25.9 Å². The Hall–Kier alpha value is -1.66. The van der Waals surface area contributed by atoms with Gasteiger partial charge in [-0.05, 0) is 31.9 Å². The molecular formula is C15H23N3O3. The lowest BCUT2D eigenvalue weighted by Crippen LogP contribution is -2.41. The molecule has 0 radical (unpaired) electrons. The zero-order chi connectivity index (χ0) is 15.1. The topological polar surface area (TPSA) is 74.7 Å². The van der Waals surface area contributed by atoms with Gasteiger partial charge in [0.15, 0.2) is 0 Å². The Labute approximate surface area is 125 Å². The highest BCUT2D eigenvalue weighted by atomic mass is 16.5. The fourth-order valence-electron chi connectivity index (χ4n) is 2.44. The second kappa shape index (κ2) is 7.95. The van der Waals surface area contributed by atoms with Gasteiger partial charge >= 0.3 is 0 Å². The number of ether oxygens (including phenoxy) is 1. The predicted molar refractivity (Wildman–Crippen MR) is 80.4 cm³/mol. The van der Waals surface area contributed by atoms with E-state index >= 15 is 0 Å². The monoisotopic (exact) mass is 293 g/mol. The van der Waals surface area contributed by atoms with E-state index in [0.29, 0.717) is 25.4 Å². The molecule has 21 heavy (non-hydrogen) atoms. The van der Waals surface area contributed by atoms with Crippen LogP contribution in [0.15, 0.2) is 18.3 Å². The van der Waals surface area contributed by atoms with Crippen LogP contribution in [-0.2, 0) is 4.74 Å². The van der Waals surface area contributed by atoms with Gasteiger partial charge in [0.1, 0.15) is 5.69 Å². The van der Waals surface area contributed by atoms with Gasteiger partial charge in [-0.1, -0.05) is 0 Å². The van der Waals surface area contributed by atoms with Crippen molar-refractivity contribution in [2.24, 2.45) is 0 Å². The van der Waals surface area contributed by atoms with Crippen molar-refractivity contribution in [1.82, 2.24) is 9.88 Å². The summed E-state index contributed by atoms with van der Waals surface area (Å²) in [6.45, 7) is 4.60. The minimum Gasteiger partial charge on any atom is -0.394 e. The van der Waals surface area contributed by atoms with Gasteiger partial charge < -0.3 is 20.1 Å². The van der Waals surface area contributed by atoms with E-state index in [-0.39, 0.29) is 18.6 Å². The molecule has 1 saturated heterocycles. The van der Waals surface area contributed by atoms with Gasteiger partial charge in [-0.15, -0.1) is 0 Å². The standard InChI is InChI=1S/C15H23N3O3/c1-2-16-12-3-4-14(17-11-12)15(20)18-7-5-13(6-8-18)21-10-9-19/h3-4,11,13,16,19H,2,5-10H2,1H3. The van der Waals surface area contributed by atoms with E-state index in [0.717, 1.165) is 25.1 Å². The number of piperidine rings is 1. The molecule has 2 N–H and O–H groups in total. The summed E-state index contributed by atoms with van der Waals surface area (Å²) in [6, 6.07) is 3.63. The van der Waals surface area contributed by atoms with Crippen molar-refractivity contribution in [2.75, 3.05) is 38.2 Å². The predicted octanol–water partition coefficient (Wildman–Crippen LogP) is 1.13. The molecule has 2 rings (SSSR count). The first-order chi connectivity index (χ1) is 10.2. The summed E-state index contributed by atoms with van der Waals surface area (Å²) in [6.07, 6.45) is 3.45. The quantitative estimate of drug-likeness (QED) is 0.822. The number of carbonyl (C=O) groups is 1. The maximum Gasteiger partial charge on any atom is 0.272 e. The van der Waals surface area contributed by atoms with E-state index in [1.54, 1.807) is 12.3 Å². The smallest absolute Gasteiger partial charge is 0.272 e. The highest BCUT2D eigenvalue weighted by Crippen LogP contribution is 2.16. The molecule has 1 aliphatic heterocycles. The van der Waals surface area contributed by atoms with Crippen molar-refractivity contribution < 1.29 is 14.6 Å². The molecule has 0 aromatic carbocycles. The van der Waals surface area contributed by atoms with Crippen LogP contribution in [0.3, 0.4) is 0 Å². The van der Waals surface area contributed by atoms with Gasteiger partial charge in [0.2, 0.25) is 0 Å². The number of nitrogens with zero attached hydrogens (tertiary/aromatic N) is 2. The number of aliphatic hydroxyl groups excluding tert-OH is 1. The number of hydrogen-bond donors (Lipinski definition) is 2. The number of amides is 1. The molecule has 1 aromatic rings. The number of likely N-dealkylation sites (tertiary alicyclic amines) is 1. The molecule has 0 saturated carbocycles. The van der Waals surface area contributed by atoms with Gasteiger partial charge in [0.05, 0.1) is 31.2 Å². The average molecular weight is 293 g/mol. The number of aliphatic hydroxyl groups is 1. The Morgan fingerprint density at radius 3 is 2.81 bits per heavy atom. The van der Waals surface area contributed by atoms with Gasteiger partial charge in [-0.2, -0.15) is 0 Å². The summed E-state index contributed by atoms with van der Waals surface area (Å²) in [4.78, 5) is 18.4. The van der Waals surface area contributed by atoms with E-state index in [2.05, 4.69) is 10.3 Å². The zero-order valence-corrected chi connectivity index (χ0v) is 12.4. The summed E-state index contributed by atoms with van der Waals surface area (Å²) >= 11 is 0. The third-order valence-electron chi connectivity index (χ3n) is 3.54. The molecule has 6 nitrogen and oxygen atoms in total. The summed E-state index contributed by atoms with van der Waals surface area (Å²) in [7, 11) is 0. The summed E-state index contributed by atoms with van der Waals surface area (Å²) in [5.41, 5.74) is 1.40. The van der Waals surface area contributed by atoms with Crippen LogP contribution in [0, 0.1) is 0 Å². The van der Waals surface area contributed by atoms with Gasteiger partial charge in [0.25, 0.3) is 5.91 Å². The first-order valence-electron chi connectivity index (χ1n) is 7.46. The zero-order valence-electron chi connectivity index (χ0n) is 12.4. The third-order valence-corrected chi connectivity index (χ3v) is 3.54. The summed E-state index contributed by atoms with van der Waals surface area (Å²) in [5, 5.41) is 11.9. The Balaban J connectivity index is 1.86. The van der Waals surface area contributed by atoms with Crippen molar-refractivity contribution in [1.29, 1.82) is 0 Å². The number of rotatable bonds is 6. The molecule has 0 atom stereocenters. The molecule has 1 aliphatic rings. The number of hydrogen-bond acceptors (Lipinski definition) is 5. The highest BCUT2D eigenvalue weighted by Gasteiger charge is 2.24. The lowest BCUT2D eigenvalue weighted by atomic mass is 10.1. The van der Waals surface area contributed by atoms with Gasteiger partial charge in [-0.25, -0.2) is 4.98 Å². The largest absolute Gasteiger partial charge is 0.394 e. The van der Waals surface area contributed by atoms with Crippen molar-refractivity contribution in [3.8, 4) is 0 Å². The number of pyridine rings is 1. The van der Waals surface area contributed by atoms with E-state index in [1.165, 1.54) is 0 Å². The van der Waals surface area contributed by atoms with Crippen LogP contribution in [0.2, 0.25) is 0 Å². The van der Waals surface area contributed by atoms with E-state index in [4.69, 9.17) is 9.84 Å². The normalized spacial score (nSPS) is 16.0. The minimum atomic E-state index is -0.0290. The first kappa shape index (κ1) is 15.7. The van der Waals surface area contributed by atoms with Crippen LogP contribution in [-0.4, -0.2) is 59.8 Å².